The zero-order chi connectivity index (χ0) is 20.2. The van der Waals surface area contributed by atoms with Crippen LogP contribution in [0.4, 0.5) is 11.9 Å². The first-order valence-corrected chi connectivity index (χ1v) is 11.1. The predicted molar refractivity (Wildman–Crippen MR) is 129 cm³/mol. The topological polar surface area (TPSA) is 71.2 Å². The fraction of sp³-hybridized carbons (Fsp3) is 0.409. The zero-order valence-electron chi connectivity index (χ0n) is 17.5. The van der Waals surface area contributed by atoms with Gasteiger partial charge in [-0.3, -0.25) is 0 Å². The van der Waals surface area contributed by atoms with Gasteiger partial charge in [-0.25, -0.2) is 0 Å². The molecule has 1 fully saturated rings. The number of nitrogens with zero attached hydrogens (tertiary/aromatic N) is 5. The highest BCUT2D eigenvalue weighted by Gasteiger charge is 2.22. The Kier molecular flexibility index (Phi) is 7.75. The van der Waals surface area contributed by atoms with Crippen molar-refractivity contribution in [3.05, 3.63) is 48.3 Å². The molecule has 2 heterocycles. The van der Waals surface area contributed by atoms with Gasteiger partial charge in [0.1, 0.15) is 5.82 Å². The van der Waals surface area contributed by atoms with Crippen molar-refractivity contribution < 1.29 is 0 Å². The summed E-state index contributed by atoms with van der Waals surface area (Å²) in [5, 5.41) is 2.66. The number of thioether (sulfide) groups is 1. The molecule has 0 radical (unpaired) electrons. The molecular formula is C22H29ClN6S. The van der Waals surface area contributed by atoms with Crippen LogP contribution < -0.4 is 10.6 Å². The Morgan fingerprint density at radius 2 is 1.73 bits per heavy atom. The van der Waals surface area contributed by atoms with Crippen LogP contribution in [0.5, 0.6) is 0 Å². The predicted octanol–water partition coefficient (Wildman–Crippen LogP) is 4.41. The fourth-order valence-electron chi connectivity index (χ4n) is 3.60. The van der Waals surface area contributed by atoms with Gasteiger partial charge < -0.3 is 15.5 Å². The molecule has 6 nitrogen and oxygen atoms in total. The molecule has 0 bridgehead atoms. The van der Waals surface area contributed by atoms with Crippen molar-refractivity contribution in [3.63, 3.8) is 0 Å². The molecule has 0 aliphatic carbocycles. The van der Waals surface area contributed by atoms with Gasteiger partial charge in [-0.2, -0.15) is 15.0 Å². The molecular weight excluding hydrogens is 416 g/mol. The monoisotopic (exact) mass is 444 g/mol. The molecule has 0 spiro atoms. The van der Waals surface area contributed by atoms with Crippen molar-refractivity contribution in [3.8, 4) is 0 Å². The Morgan fingerprint density at radius 3 is 2.47 bits per heavy atom. The first-order chi connectivity index (χ1) is 14.1. The van der Waals surface area contributed by atoms with Crippen LogP contribution in [0.3, 0.4) is 0 Å². The largest absolute Gasteiger partial charge is 0.368 e. The number of piperazine rings is 1. The molecule has 0 saturated carbocycles. The van der Waals surface area contributed by atoms with Gasteiger partial charge in [0.25, 0.3) is 0 Å². The number of rotatable bonds is 6. The van der Waals surface area contributed by atoms with Gasteiger partial charge in [-0.05, 0) is 36.4 Å². The summed E-state index contributed by atoms with van der Waals surface area (Å²) in [6, 6.07) is 15.1. The standard InChI is InChI=1S/C22H28N6S.ClH/c1-3-6-19(29-18-10-9-16-7-4-5-8-17(16)15-18)20-24-21(23)26-22(25-20)28-13-11-27(2)12-14-28;/h4-5,7-10,15,19H,3,6,11-14H2,1-2H3,(H2,23,24,25,26);1H. The van der Waals surface area contributed by atoms with E-state index in [4.69, 9.17) is 10.7 Å². The maximum Gasteiger partial charge on any atom is 0.230 e. The number of aromatic nitrogens is 3. The van der Waals surface area contributed by atoms with E-state index in [9.17, 15) is 0 Å². The molecule has 1 saturated heterocycles. The third kappa shape index (κ3) is 5.33. The van der Waals surface area contributed by atoms with Crippen molar-refractivity contribution >= 4 is 46.8 Å². The summed E-state index contributed by atoms with van der Waals surface area (Å²) in [7, 11) is 2.14. The van der Waals surface area contributed by atoms with Crippen LogP contribution in [0.2, 0.25) is 0 Å². The highest BCUT2D eigenvalue weighted by atomic mass is 35.5. The molecule has 1 aliphatic heterocycles. The highest BCUT2D eigenvalue weighted by Crippen LogP contribution is 2.38. The quantitative estimate of drug-likeness (QED) is 0.564. The summed E-state index contributed by atoms with van der Waals surface area (Å²) in [5.41, 5.74) is 6.09. The number of hydrogen-bond donors (Lipinski definition) is 1. The molecule has 0 amide bonds. The van der Waals surface area contributed by atoms with E-state index in [0.29, 0.717) is 11.9 Å². The Hall–Kier alpha value is -2.09. The lowest BCUT2D eigenvalue weighted by Gasteiger charge is -2.32. The number of benzene rings is 2. The molecule has 2 aromatic carbocycles. The number of nitrogen functional groups attached to an aromatic ring is 1. The third-order valence-electron chi connectivity index (χ3n) is 5.28. The van der Waals surface area contributed by atoms with Crippen LogP contribution in [-0.4, -0.2) is 53.1 Å². The van der Waals surface area contributed by atoms with Gasteiger partial charge in [0.05, 0.1) is 5.25 Å². The summed E-state index contributed by atoms with van der Waals surface area (Å²) >= 11 is 1.81. The second-order valence-electron chi connectivity index (χ2n) is 7.55. The summed E-state index contributed by atoms with van der Waals surface area (Å²) in [4.78, 5) is 19.5. The van der Waals surface area contributed by atoms with Crippen LogP contribution in [0.25, 0.3) is 10.8 Å². The fourth-order valence-corrected chi connectivity index (χ4v) is 4.83. The van der Waals surface area contributed by atoms with E-state index in [1.807, 2.05) is 11.8 Å². The molecule has 1 aliphatic rings. The van der Waals surface area contributed by atoms with Gasteiger partial charge in [0.2, 0.25) is 11.9 Å². The van der Waals surface area contributed by atoms with E-state index in [2.05, 4.69) is 76.2 Å². The lowest BCUT2D eigenvalue weighted by molar-refractivity contribution is 0.311. The number of nitrogens with two attached hydrogens (primary N) is 1. The van der Waals surface area contributed by atoms with Gasteiger partial charge in [0, 0.05) is 31.1 Å². The second-order valence-corrected chi connectivity index (χ2v) is 8.82. The molecule has 4 rings (SSSR count). The van der Waals surface area contributed by atoms with E-state index >= 15 is 0 Å². The van der Waals surface area contributed by atoms with E-state index in [1.54, 1.807) is 0 Å². The van der Waals surface area contributed by atoms with Crippen molar-refractivity contribution in [2.45, 2.75) is 29.9 Å². The molecule has 160 valence electrons. The van der Waals surface area contributed by atoms with Crippen molar-refractivity contribution in [2.75, 3.05) is 43.9 Å². The first-order valence-electron chi connectivity index (χ1n) is 10.2. The SMILES string of the molecule is CCCC(Sc1ccc2ccccc2c1)c1nc(N)nc(N2CCN(C)CC2)n1.Cl. The normalized spacial score (nSPS) is 15.7. The minimum atomic E-state index is 0. The number of fused-ring (bicyclic) bond motifs is 1. The molecule has 1 atom stereocenters. The number of anilines is 2. The van der Waals surface area contributed by atoms with Crippen LogP contribution in [0.15, 0.2) is 47.4 Å². The summed E-state index contributed by atoms with van der Waals surface area (Å²) in [5.74, 6) is 1.80. The molecule has 1 aromatic heterocycles. The van der Waals surface area contributed by atoms with E-state index in [-0.39, 0.29) is 17.7 Å². The van der Waals surface area contributed by atoms with Crippen LogP contribution in [-0.2, 0) is 0 Å². The molecule has 30 heavy (non-hydrogen) atoms. The molecule has 8 heteroatoms. The first kappa shape index (κ1) is 22.6. The highest BCUT2D eigenvalue weighted by molar-refractivity contribution is 7.99. The van der Waals surface area contributed by atoms with Gasteiger partial charge in [-0.1, -0.05) is 43.7 Å². The molecule has 1 unspecified atom stereocenters. The lowest BCUT2D eigenvalue weighted by atomic mass is 10.1. The number of hydrogen-bond acceptors (Lipinski definition) is 7. The van der Waals surface area contributed by atoms with Gasteiger partial charge in [0.15, 0.2) is 0 Å². The van der Waals surface area contributed by atoms with Crippen molar-refractivity contribution in [1.29, 1.82) is 0 Å². The lowest BCUT2D eigenvalue weighted by Crippen LogP contribution is -2.45. The van der Waals surface area contributed by atoms with Crippen LogP contribution in [0.1, 0.15) is 30.8 Å². The third-order valence-corrected chi connectivity index (χ3v) is 6.54. The average Bonchev–Trinajstić information content (AvgIpc) is 2.73. The van der Waals surface area contributed by atoms with E-state index in [1.165, 1.54) is 15.7 Å². The maximum absolute atomic E-state index is 6.09. The van der Waals surface area contributed by atoms with Crippen molar-refractivity contribution in [1.82, 2.24) is 19.9 Å². The minimum absolute atomic E-state index is 0. The minimum Gasteiger partial charge on any atom is -0.368 e. The molecule has 3 aromatic rings. The van der Waals surface area contributed by atoms with Crippen molar-refractivity contribution in [2.24, 2.45) is 0 Å². The maximum atomic E-state index is 6.09. The Labute approximate surface area is 188 Å². The number of halogens is 1. The smallest absolute Gasteiger partial charge is 0.230 e. The Balaban J connectivity index is 0.00000256. The molecule has 2 N–H and O–H groups in total. The van der Waals surface area contributed by atoms with Gasteiger partial charge >= 0.3 is 0 Å². The summed E-state index contributed by atoms with van der Waals surface area (Å²) < 4.78 is 0. The van der Waals surface area contributed by atoms with Crippen LogP contribution in [0, 0.1) is 0 Å². The zero-order valence-corrected chi connectivity index (χ0v) is 19.1. The summed E-state index contributed by atoms with van der Waals surface area (Å²) in [6.45, 7) is 6.03. The van der Waals surface area contributed by atoms with E-state index < -0.39 is 0 Å². The Morgan fingerprint density at radius 1 is 1.00 bits per heavy atom. The van der Waals surface area contributed by atoms with E-state index in [0.717, 1.165) is 44.8 Å². The van der Waals surface area contributed by atoms with Gasteiger partial charge in [-0.15, -0.1) is 24.2 Å². The average molecular weight is 445 g/mol. The van der Waals surface area contributed by atoms with Crippen LogP contribution >= 0.6 is 24.2 Å². The summed E-state index contributed by atoms with van der Waals surface area (Å²) in [6.07, 6.45) is 2.05. The second kappa shape index (κ2) is 10.3. The number of likely N-dealkylation sites (N-methyl/N-ethyl adjacent to an activating group) is 1. The Bertz CT molecular complexity index is 977.